The lowest BCUT2D eigenvalue weighted by Crippen LogP contribution is -2.36. The minimum atomic E-state index is -0.0447. The summed E-state index contributed by atoms with van der Waals surface area (Å²) in [6, 6.07) is 7.85. The number of carbonyl (C=O) groups excluding carboxylic acids is 1. The molecule has 1 aliphatic carbocycles. The standard InChI is InChI=1S/C22H24N8O/c1-27-17-6-4-3-5-15(17)20(26-27)22(31)29-10-9-18-16(12-29)19(25-28(18)2)21-24-23-13-30(21)11-14-7-8-14/h3-6,13-14H,7-12H2,1-2H3. The largest absolute Gasteiger partial charge is 0.332 e. The van der Waals surface area contributed by atoms with E-state index in [1.807, 2.05) is 47.9 Å². The first kappa shape index (κ1) is 18.3. The molecule has 4 aromatic rings. The summed E-state index contributed by atoms with van der Waals surface area (Å²) in [5.74, 6) is 1.46. The van der Waals surface area contributed by atoms with Gasteiger partial charge in [0.05, 0.1) is 12.1 Å². The third-order valence-corrected chi connectivity index (χ3v) is 6.47. The van der Waals surface area contributed by atoms with E-state index in [0.29, 0.717) is 24.7 Å². The van der Waals surface area contributed by atoms with Crippen molar-refractivity contribution in [2.45, 2.75) is 32.4 Å². The van der Waals surface area contributed by atoms with E-state index in [1.54, 1.807) is 11.0 Å². The summed E-state index contributed by atoms with van der Waals surface area (Å²) in [4.78, 5) is 15.3. The van der Waals surface area contributed by atoms with Gasteiger partial charge in [0.2, 0.25) is 0 Å². The summed E-state index contributed by atoms with van der Waals surface area (Å²) in [7, 11) is 3.84. The van der Waals surface area contributed by atoms with E-state index in [0.717, 1.165) is 46.6 Å². The number of benzene rings is 1. The summed E-state index contributed by atoms with van der Waals surface area (Å²) in [5.41, 5.74) is 4.51. The molecule has 9 nitrogen and oxygen atoms in total. The van der Waals surface area contributed by atoms with E-state index in [-0.39, 0.29) is 5.91 Å². The van der Waals surface area contributed by atoms with E-state index < -0.39 is 0 Å². The van der Waals surface area contributed by atoms with Gasteiger partial charge in [0.15, 0.2) is 11.5 Å². The van der Waals surface area contributed by atoms with Crippen LogP contribution >= 0.6 is 0 Å². The van der Waals surface area contributed by atoms with E-state index in [4.69, 9.17) is 5.10 Å². The van der Waals surface area contributed by atoms with Gasteiger partial charge in [-0.3, -0.25) is 14.2 Å². The Hall–Kier alpha value is -3.49. The second-order valence-corrected chi connectivity index (χ2v) is 8.61. The first-order valence-corrected chi connectivity index (χ1v) is 10.7. The van der Waals surface area contributed by atoms with Crippen LogP contribution in [-0.4, -0.2) is 51.7 Å². The summed E-state index contributed by atoms with van der Waals surface area (Å²) in [5, 5.41) is 18.7. The van der Waals surface area contributed by atoms with E-state index in [9.17, 15) is 4.79 Å². The van der Waals surface area contributed by atoms with Crippen LogP contribution in [-0.2, 0) is 33.6 Å². The molecule has 0 atom stereocenters. The number of rotatable bonds is 4. The van der Waals surface area contributed by atoms with Gasteiger partial charge in [0, 0.05) is 50.2 Å². The molecule has 9 heteroatoms. The quantitative estimate of drug-likeness (QED) is 0.509. The van der Waals surface area contributed by atoms with Gasteiger partial charge >= 0.3 is 0 Å². The minimum Gasteiger partial charge on any atom is -0.332 e. The lowest BCUT2D eigenvalue weighted by molar-refractivity contribution is 0.0729. The molecule has 4 heterocycles. The van der Waals surface area contributed by atoms with E-state index >= 15 is 0 Å². The molecule has 1 aromatic carbocycles. The molecule has 0 N–H and O–H groups in total. The molecule has 3 aromatic heterocycles. The van der Waals surface area contributed by atoms with Crippen LogP contribution < -0.4 is 0 Å². The highest BCUT2D eigenvalue weighted by molar-refractivity contribution is 6.04. The smallest absolute Gasteiger partial charge is 0.275 e. The summed E-state index contributed by atoms with van der Waals surface area (Å²) in [6.07, 6.45) is 5.07. The molecule has 1 aliphatic heterocycles. The van der Waals surface area contributed by atoms with Crippen molar-refractivity contribution in [3.63, 3.8) is 0 Å². The maximum absolute atomic E-state index is 13.5. The van der Waals surface area contributed by atoms with Gasteiger partial charge in [0.1, 0.15) is 12.0 Å². The fourth-order valence-corrected chi connectivity index (χ4v) is 4.62. The monoisotopic (exact) mass is 416 g/mol. The summed E-state index contributed by atoms with van der Waals surface area (Å²) in [6.45, 7) is 2.07. The molecule has 31 heavy (non-hydrogen) atoms. The van der Waals surface area contributed by atoms with Crippen molar-refractivity contribution >= 4 is 16.8 Å². The second kappa shape index (κ2) is 6.76. The molecule has 0 bridgehead atoms. The van der Waals surface area contributed by atoms with Gasteiger partial charge < -0.3 is 9.47 Å². The van der Waals surface area contributed by atoms with Crippen molar-refractivity contribution in [1.29, 1.82) is 0 Å². The molecule has 2 aliphatic rings. The number of hydrogen-bond donors (Lipinski definition) is 0. The molecular weight excluding hydrogens is 392 g/mol. The topological polar surface area (TPSA) is 86.7 Å². The zero-order chi connectivity index (χ0) is 21.1. The summed E-state index contributed by atoms with van der Waals surface area (Å²) < 4.78 is 5.81. The van der Waals surface area contributed by atoms with Crippen molar-refractivity contribution in [3.8, 4) is 11.5 Å². The molecule has 0 radical (unpaired) electrons. The molecule has 158 valence electrons. The Morgan fingerprint density at radius 2 is 1.97 bits per heavy atom. The minimum absolute atomic E-state index is 0.0447. The zero-order valence-electron chi connectivity index (χ0n) is 17.7. The normalized spacial score (nSPS) is 16.1. The Bertz CT molecular complexity index is 1310. The van der Waals surface area contributed by atoms with Gasteiger partial charge in [0.25, 0.3) is 5.91 Å². The van der Waals surface area contributed by atoms with Crippen LogP contribution in [0.1, 0.15) is 34.6 Å². The van der Waals surface area contributed by atoms with E-state index in [2.05, 4.69) is 19.9 Å². The third-order valence-electron chi connectivity index (χ3n) is 6.47. The third kappa shape index (κ3) is 2.95. The molecule has 1 amide bonds. The van der Waals surface area contributed by atoms with Crippen LogP contribution in [0.2, 0.25) is 0 Å². The lowest BCUT2D eigenvalue weighted by Gasteiger charge is -2.27. The predicted octanol–water partition coefficient (Wildman–Crippen LogP) is 2.17. The van der Waals surface area contributed by atoms with Crippen molar-refractivity contribution in [2.75, 3.05) is 6.54 Å². The average molecular weight is 416 g/mol. The van der Waals surface area contributed by atoms with Gasteiger partial charge in [-0.2, -0.15) is 10.2 Å². The zero-order valence-corrected chi connectivity index (χ0v) is 17.7. The predicted molar refractivity (Wildman–Crippen MR) is 114 cm³/mol. The number of aryl methyl sites for hydroxylation is 2. The van der Waals surface area contributed by atoms with Crippen LogP contribution in [0.15, 0.2) is 30.6 Å². The number of para-hydroxylation sites is 1. The fraction of sp³-hybridized carbons (Fsp3) is 0.409. The van der Waals surface area contributed by atoms with Crippen LogP contribution in [0, 0.1) is 5.92 Å². The highest BCUT2D eigenvalue weighted by atomic mass is 16.2. The fourth-order valence-electron chi connectivity index (χ4n) is 4.62. The van der Waals surface area contributed by atoms with Crippen molar-refractivity contribution < 1.29 is 4.79 Å². The SMILES string of the molecule is Cn1nc(-c2nncn2CC2CC2)c2c1CCN(C(=O)c1nn(C)c3ccccc13)C2. The molecule has 1 saturated carbocycles. The Labute approximate surface area is 179 Å². The number of carbonyl (C=O) groups is 1. The molecule has 6 rings (SSSR count). The van der Waals surface area contributed by atoms with Gasteiger partial charge in [-0.25, -0.2) is 0 Å². The Kier molecular flexibility index (Phi) is 3.99. The number of hydrogen-bond acceptors (Lipinski definition) is 5. The van der Waals surface area contributed by atoms with Crippen molar-refractivity contribution in [3.05, 3.63) is 47.5 Å². The van der Waals surface area contributed by atoms with Crippen molar-refractivity contribution in [1.82, 2.24) is 39.2 Å². The number of amides is 1. The van der Waals surface area contributed by atoms with Gasteiger partial charge in [-0.15, -0.1) is 10.2 Å². The maximum Gasteiger partial charge on any atom is 0.275 e. The highest BCUT2D eigenvalue weighted by Crippen LogP contribution is 2.34. The van der Waals surface area contributed by atoms with Crippen LogP contribution in [0.25, 0.3) is 22.4 Å². The van der Waals surface area contributed by atoms with Gasteiger partial charge in [-0.1, -0.05) is 18.2 Å². The van der Waals surface area contributed by atoms with E-state index in [1.165, 1.54) is 12.8 Å². The average Bonchev–Trinajstić information content (AvgIpc) is 3.23. The first-order valence-electron chi connectivity index (χ1n) is 10.7. The maximum atomic E-state index is 13.5. The Morgan fingerprint density at radius 1 is 1.13 bits per heavy atom. The molecule has 0 unspecified atom stereocenters. The number of aromatic nitrogens is 7. The van der Waals surface area contributed by atoms with Crippen LogP contribution in [0.4, 0.5) is 0 Å². The lowest BCUT2D eigenvalue weighted by atomic mass is 10.0. The Balaban J connectivity index is 1.35. The van der Waals surface area contributed by atoms with Crippen LogP contribution in [0.3, 0.4) is 0 Å². The van der Waals surface area contributed by atoms with Crippen molar-refractivity contribution in [2.24, 2.45) is 20.0 Å². The summed E-state index contributed by atoms with van der Waals surface area (Å²) >= 11 is 0. The Morgan fingerprint density at radius 3 is 2.81 bits per heavy atom. The second-order valence-electron chi connectivity index (χ2n) is 8.61. The number of nitrogens with zero attached hydrogens (tertiary/aromatic N) is 8. The molecular formula is C22H24N8O. The number of fused-ring (bicyclic) bond motifs is 2. The first-order chi connectivity index (χ1) is 15.1. The molecule has 0 spiro atoms. The van der Waals surface area contributed by atoms with Crippen LogP contribution in [0.5, 0.6) is 0 Å². The molecule has 1 fully saturated rings. The molecule has 0 saturated heterocycles. The van der Waals surface area contributed by atoms with Gasteiger partial charge in [-0.05, 0) is 24.8 Å². The highest BCUT2D eigenvalue weighted by Gasteiger charge is 2.32.